The summed E-state index contributed by atoms with van der Waals surface area (Å²) in [5.74, 6) is 0. The minimum atomic E-state index is -0.214. The number of hydrogen-bond donors (Lipinski definition) is 2. The van der Waals surface area contributed by atoms with E-state index in [-0.39, 0.29) is 12.1 Å². The number of aryl methyl sites for hydroxylation is 1. The Labute approximate surface area is 161 Å². The van der Waals surface area contributed by atoms with Gasteiger partial charge in [-0.3, -0.25) is 0 Å². The van der Waals surface area contributed by atoms with Gasteiger partial charge in [0.25, 0.3) is 0 Å². The van der Waals surface area contributed by atoms with Crippen molar-refractivity contribution in [2.24, 2.45) is 0 Å². The molecule has 2 amide bonds. The molecule has 0 fully saturated rings. The highest BCUT2D eigenvalue weighted by atomic mass is 16.2. The zero-order valence-corrected chi connectivity index (χ0v) is 15.7. The van der Waals surface area contributed by atoms with E-state index in [1.54, 1.807) is 0 Å². The van der Waals surface area contributed by atoms with E-state index in [0.717, 1.165) is 23.2 Å². The fourth-order valence-corrected chi connectivity index (χ4v) is 3.08. The first kappa shape index (κ1) is 18.7. The second kappa shape index (κ2) is 9.58. The summed E-state index contributed by atoms with van der Waals surface area (Å²) in [5, 5.41) is 6.04. The van der Waals surface area contributed by atoms with Crippen LogP contribution in [0.25, 0.3) is 0 Å². The Balaban J connectivity index is 1.69. The van der Waals surface area contributed by atoms with Gasteiger partial charge in [0.05, 0.1) is 6.04 Å². The Hall–Kier alpha value is -3.07. The van der Waals surface area contributed by atoms with Crippen molar-refractivity contribution in [2.45, 2.75) is 32.2 Å². The van der Waals surface area contributed by atoms with Gasteiger partial charge in [-0.2, -0.15) is 0 Å². The Kier molecular flexibility index (Phi) is 6.64. The molecule has 0 bridgehead atoms. The standard InChI is InChI=1S/C24H26N2O/c1-2-3-10-19-15-17-22(18-16-19)25-24(27)26-23(20-11-6-4-7-12-20)21-13-8-5-9-14-21/h4-9,11-18,23H,2-3,10H2,1H3,(H2,25,26,27). The molecule has 3 rings (SSSR count). The van der Waals surface area contributed by atoms with Crippen LogP contribution in [0, 0.1) is 0 Å². The number of carbonyl (C=O) groups is 1. The fourth-order valence-electron chi connectivity index (χ4n) is 3.08. The Morgan fingerprint density at radius 1 is 0.815 bits per heavy atom. The van der Waals surface area contributed by atoms with Crippen LogP contribution in [0.2, 0.25) is 0 Å². The molecule has 0 atom stereocenters. The van der Waals surface area contributed by atoms with Gasteiger partial charge in [0, 0.05) is 5.69 Å². The topological polar surface area (TPSA) is 41.1 Å². The molecule has 0 aromatic heterocycles. The number of nitrogens with one attached hydrogen (secondary N) is 2. The van der Waals surface area contributed by atoms with Crippen LogP contribution in [0.3, 0.4) is 0 Å². The second-order valence-corrected chi connectivity index (χ2v) is 6.65. The van der Waals surface area contributed by atoms with Crippen molar-refractivity contribution in [3.8, 4) is 0 Å². The van der Waals surface area contributed by atoms with E-state index in [4.69, 9.17) is 0 Å². The smallest absolute Gasteiger partial charge is 0.319 e. The van der Waals surface area contributed by atoms with Crippen molar-refractivity contribution < 1.29 is 4.79 Å². The summed E-state index contributed by atoms with van der Waals surface area (Å²) < 4.78 is 0. The van der Waals surface area contributed by atoms with E-state index in [1.807, 2.05) is 72.8 Å². The SMILES string of the molecule is CCCCc1ccc(NC(=O)NC(c2ccccc2)c2ccccc2)cc1. The molecule has 0 aliphatic carbocycles. The third kappa shape index (κ3) is 5.45. The Morgan fingerprint density at radius 2 is 1.37 bits per heavy atom. The van der Waals surface area contributed by atoms with E-state index in [2.05, 4.69) is 29.7 Å². The van der Waals surface area contributed by atoms with Gasteiger partial charge in [-0.25, -0.2) is 4.79 Å². The molecule has 3 nitrogen and oxygen atoms in total. The highest BCUT2D eigenvalue weighted by Crippen LogP contribution is 2.22. The molecule has 3 aromatic rings. The number of amides is 2. The summed E-state index contributed by atoms with van der Waals surface area (Å²) in [4.78, 5) is 12.6. The van der Waals surface area contributed by atoms with Crippen LogP contribution in [0.5, 0.6) is 0 Å². The Morgan fingerprint density at radius 3 is 1.89 bits per heavy atom. The first-order valence-corrected chi connectivity index (χ1v) is 9.52. The average Bonchev–Trinajstić information content (AvgIpc) is 2.73. The molecule has 0 aliphatic heterocycles. The summed E-state index contributed by atoms with van der Waals surface area (Å²) in [5.41, 5.74) is 4.20. The summed E-state index contributed by atoms with van der Waals surface area (Å²) in [6.07, 6.45) is 3.44. The zero-order valence-electron chi connectivity index (χ0n) is 15.7. The van der Waals surface area contributed by atoms with Crippen molar-refractivity contribution in [1.82, 2.24) is 5.32 Å². The van der Waals surface area contributed by atoms with Gasteiger partial charge >= 0.3 is 6.03 Å². The molecule has 0 aliphatic rings. The highest BCUT2D eigenvalue weighted by molar-refractivity contribution is 5.89. The molecule has 2 N–H and O–H groups in total. The average molecular weight is 358 g/mol. The van der Waals surface area contributed by atoms with Gasteiger partial charge in [0.15, 0.2) is 0 Å². The maximum atomic E-state index is 12.6. The second-order valence-electron chi connectivity index (χ2n) is 6.65. The number of carbonyl (C=O) groups excluding carboxylic acids is 1. The van der Waals surface area contributed by atoms with Gasteiger partial charge in [0.1, 0.15) is 0 Å². The van der Waals surface area contributed by atoms with Crippen LogP contribution in [0.4, 0.5) is 10.5 Å². The largest absolute Gasteiger partial charge is 0.327 e. The lowest BCUT2D eigenvalue weighted by Gasteiger charge is -2.20. The number of unbranched alkanes of at least 4 members (excludes halogenated alkanes) is 1. The normalized spacial score (nSPS) is 10.6. The minimum absolute atomic E-state index is 0.198. The highest BCUT2D eigenvalue weighted by Gasteiger charge is 2.16. The van der Waals surface area contributed by atoms with Crippen molar-refractivity contribution in [2.75, 3.05) is 5.32 Å². The predicted octanol–water partition coefficient (Wildman–Crippen LogP) is 5.94. The molecule has 0 saturated carbocycles. The van der Waals surface area contributed by atoms with Crippen molar-refractivity contribution in [1.29, 1.82) is 0 Å². The van der Waals surface area contributed by atoms with Crippen LogP contribution in [-0.4, -0.2) is 6.03 Å². The lowest BCUT2D eigenvalue weighted by Crippen LogP contribution is -2.33. The number of benzene rings is 3. The summed E-state index contributed by atoms with van der Waals surface area (Å²) in [7, 11) is 0. The molecule has 0 heterocycles. The first-order chi connectivity index (χ1) is 13.3. The summed E-state index contributed by atoms with van der Waals surface area (Å²) in [6, 6.07) is 27.7. The van der Waals surface area contributed by atoms with Crippen LogP contribution < -0.4 is 10.6 Å². The Bertz CT molecular complexity index is 790. The van der Waals surface area contributed by atoms with Gasteiger partial charge in [-0.15, -0.1) is 0 Å². The molecule has 0 unspecified atom stereocenters. The zero-order chi connectivity index (χ0) is 18.9. The summed E-state index contributed by atoms with van der Waals surface area (Å²) >= 11 is 0. The molecule has 0 radical (unpaired) electrons. The molecular formula is C24H26N2O. The van der Waals surface area contributed by atoms with Crippen LogP contribution >= 0.6 is 0 Å². The van der Waals surface area contributed by atoms with Crippen molar-refractivity contribution in [3.05, 3.63) is 102 Å². The van der Waals surface area contributed by atoms with Gasteiger partial charge < -0.3 is 10.6 Å². The van der Waals surface area contributed by atoms with Gasteiger partial charge in [-0.05, 0) is 41.7 Å². The van der Waals surface area contributed by atoms with E-state index in [0.29, 0.717) is 0 Å². The minimum Gasteiger partial charge on any atom is -0.327 e. The molecular weight excluding hydrogens is 332 g/mol. The lowest BCUT2D eigenvalue weighted by atomic mass is 9.99. The molecule has 3 aromatic carbocycles. The van der Waals surface area contributed by atoms with Gasteiger partial charge in [-0.1, -0.05) is 86.1 Å². The van der Waals surface area contributed by atoms with Crippen LogP contribution in [-0.2, 0) is 6.42 Å². The summed E-state index contributed by atoms with van der Waals surface area (Å²) in [6.45, 7) is 2.19. The number of anilines is 1. The number of urea groups is 1. The van der Waals surface area contributed by atoms with Crippen LogP contribution in [0.1, 0.15) is 42.5 Å². The third-order valence-corrected chi connectivity index (χ3v) is 4.57. The van der Waals surface area contributed by atoms with E-state index in [1.165, 1.54) is 18.4 Å². The lowest BCUT2D eigenvalue weighted by molar-refractivity contribution is 0.250. The molecule has 0 saturated heterocycles. The molecule has 27 heavy (non-hydrogen) atoms. The number of hydrogen-bond acceptors (Lipinski definition) is 1. The van der Waals surface area contributed by atoms with E-state index in [9.17, 15) is 4.79 Å². The maximum Gasteiger partial charge on any atom is 0.319 e. The predicted molar refractivity (Wildman–Crippen MR) is 112 cm³/mol. The van der Waals surface area contributed by atoms with Crippen LogP contribution in [0.15, 0.2) is 84.9 Å². The van der Waals surface area contributed by atoms with Crippen molar-refractivity contribution >= 4 is 11.7 Å². The fraction of sp³-hybridized carbons (Fsp3) is 0.208. The maximum absolute atomic E-state index is 12.6. The van der Waals surface area contributed by atoms with E-state index >= 15 is 0 Å². The number of rotatable bonds is 7. The molecule has 138 valence electrons. The molecule has 3 heteroatoms. The third-order valence-electron chi connectivity index (χ3n) is 4.57. The van der Waals surface area contributed by atoms with Gasteiger partial charge in [0.2, 0.25) is 0 Å². The monoisotopic (exact) mass is 358 g/mol. The van der Waals surface area contributed by atoms with Crippen molar-refractivity contribution in [3.63, 3.8) is 0 Å². The van der Waals surface area contributed by atoms with E-state index < -0.39 is 0 Å². The first-order valence-electron chi connectivity index (χ1n) is 9.52. The quantitative estimate of drug-likeness (QED) is 0.539. The molecule has 0 spiro atoms.